The number of ether oxygens (including phenoxy) is 1. The first-order valence-electron chi connectivity index (χ1n) is 7.19. The van der Waals surface area contributed by atoms with E-state index in [4.69, 9.17) is 10.5 Å². The van der Waals surface area contributed by atoms with E-state index in [2.05, 4.69) is 41.1 Å². The summed E-state index contributed by atoms with van der Waals surface area (Å²) in [7, 11) is 0. The molecular weight excluding hydrogens is 250 g/mol. The number of rotatable bonds is 3. The molecule has 2 heterocycles. The highest BCUT2D eigenvalue weighted by Crippen LogP contribution is 2.27. The fourth-order valence-corrected chi connectivity index (χ4v) is 3.00. The summed E-state index contributed by atoms with van der Waals surface area (Å²) in [6.45, 7) is 5.33. The van der Waals surface area contributed by atoms with Crippen molar-refractivity contribution in [2.24, 2.45) is 5.73 Å². The van der Waals surface area contributed by atoms with Gasteiger partial charge in [-0.15, -0.1) is 0 Å². The van der Waals surface area contributed by atoms with E-state index in [-0.39, 0.29) is 12.1 Å². The van der Waals surface area contributed by atoms with Crippen molar-refractivity contribution in [3.63, 3.8) is 0 Å². The van der Waals surface area contributed by atoms with Crippen LogP contribution in [0.5, 0.6) is 0 Å². The van der Waals surface area contributed by atoms with Gasteiger partial charge in [-0.1, -0.05) is 24.3 Å². The molecule has 2 N–H and O–H groups in total. The van der Waals surface area contributed by atoms with Gasteiger partial charge in [0.25, 0.3) is 0 Å². The topological polar surface area (TPSA) is 51.4 Å². The van der Waals surface area contributed by atoms with Crippen LogP contribution in [-0.4, -0.2) is 42.2 Å². The Labute approximate surface area is 119 Å². The predicted molar refractivity (Wildman–Crippen MR) is 80.5 cm³/mol. The number of fused-ring (bicyclic) bond motifs is 1. The molecule has 1 aromatic heterocycles. The summed E-state index contributed by atoms with van der Waals surface area (Å²) in [6, 6.07) is 10.6. The molecule has 4 heteroatoms. The summed E-state index contributed by atoms with van der Waals surface area (Å²) in [5.41, 5.74) is 8.34. The van der Waals surface area contributed by atoms with Crippen LogP contribution >= 0.6 is 0 Å². The molecular formula is C16H21N3O. The summed E-state index contributed by atoms with van der Waals surface area (Å²) < 4.78 is 5.63. The molecule has 1 aliphatic heterocycles. The van der Waals surface area contributed by atoms with Crippen LogP contribution in [0.15, 0.2) is 36.5 Å². The van der Waals surface area contributed by atoms with E-state index < -0.39 is 0 Å². The lowest BCUT2D eigenvalue weighted by molar-refractivity contribution is -0.0331. The molecule has 0 spiro atoms. The van der Waals surface area contributed by atoms with Crippen LogP contribution in [0.4, 0.5) is 0 Å². The average Bonchev–Trinajstić information content (AvgIpc) is 2.48. The number of nitrogens with two attached hydrogens (primary N) is 1. The Balaban J connectivity index is 1.98. The van der Waals surface area contributed by atoms with Crippen LogP contribution in [0.1, 0.15) is 18.5 Å². The summed E-state index contributed by atoms with van der Waals surface area (Å²) in [6.07, 6.45) is 2.11. The van der Waals surface area contributed by atoms with E-state index in [1.54, 1.807) is 0 Å². The van der Waals surface area contributed by atoms with Gasteiger partial charge in [0.05, 0.1) is 18.2 Å². The molecule has 0 aliphatic carbocycles. The lowest BCUT2D eigenvalue weighted by Gasteiger charge is -2.37. The Morgan fingerprint density at radius 2 is 2.25 bits per heavy atom. The molecule has 2 aromatic rings. The predicted octanol–water partition coefficient (Wildman–Crippen LogP) is 1.96. The van der Waals surface area contributed by atoms with E-state index in [1.165, 1.54) is 10.9 Å². The Kier molecular flexibility index (Phi) is 3.96. The van der Waals surface area contributed by atoms with Gasteiger partial charge in [0, 0.05) is 37.3 Å². The molecule has 0 radical (unpaired) electrons. The maximum atomic E-state index is 6.06. The number of nitrogens with zero attached hydrogens (tertiary/aromatic N) is 2. The zero-order chi connectivity index (χ0) is 13.9. The maximum absolute atomic E-state index is 6.06. The first-order chi connectivity index (χ1) is 9.79. The van der Waals surface area contributed by atoms with Gasteiger partial charge in [-0.2, -0.15) is 0 Å². The number of para-hydroxylation sites is 1. The van der Waals surface area contributed by atoms with Crippen molar-refractivity contribution in [1.82, 2.24) is 9.88 Å². The van der Waals surface area contributed by atoms with Crippen LogP contribution in [0.25, 0.3) is 10.9 Å². The highest BCUT2D eigenvalue weighted by Gasteiger charge is 2.25. The third-order valence-electron chi connectivity index (χ3n) is 3.96. The molecule has 3 rings (SSSR count). The molecule has 1 fully saturated rings. The number of hydrogen-bond donors (Lipinski definition) is 1. The van der Waals surface area contributed by atoms with Gasteiger partial charge in [-0.3, -0.25) is 9.88 Å². The van der Waals surface area contributed by atoms with Crippen LogP contribution in [-0.2, 0) is 4.74 Å². The van der Waals surface area contributed by atoms with Crippen LogP contribution in [0, 0.1) is 0 Å². The zero-order valence-electron chi connectivity index (χ0n) is 11.8. The minimum Gasteiger partial charge on any atom is -0.376 e. The molecule has 1 aliphatic rings. The van der Waals surface area contributed by atoms with Crippen molar-refractivity contribution in [3.8, 4) is 0 Å². The van der Waals surface area contributed by atoms with Gasteiger partial charge in [-0.25, -0.2) is 0 Å². The number of hydrogen-bond acceptors (Lipinski definition) is 4. The second kappa shape index (κ2) is 5.87. The van der Waals surface area contributed by atoms with Crippen LogP contribution in [0.2, 0.25) is 0 Å². The van der Waals surface area contributed by atoms with Gasteiger partial charge < -0.3 is 10.5 Å². The Morgan fingerprint density at radius 3 is 3.05 bits per heavy atom. The molecule has 20 heavy (non-hydrogen) atoms. The first kappa shape index (κ1) is 13.5. The van der Waals surface area contributed by atoms with Gasteiger partial charge in [0.1, 0.15) is 0 Å². The van der Waals surface area contributed by atoms with Gasteiger partial charge >= 0.3 is 0 Å². The minimum absolute atomic E-state index is 0.208. The molecule has 106 valence electrons. The number of morpholine rings is 1. The normalized spacial score (nSPS) is 22.0. The molecule has 0 saturated carbocycles. The van der Waals surface area contributed by atoms with Gasteiger partial charge in [0.2, 0.25) is 0 Å². The van der Waals surface area contributed by atoms with Crippen molar-refractivity contribution >= 4 is 10.9 Å². The third-order valence-corrected chi connectivity index (χ3v) is 3.96. The maximum Gasteiger partial charge on any atom is 0.0750 e. The monoisotopic (exact) mass is 271 g/mol. The highest BCUT2D eigenvalue weighted by molar-refractivity contribution is 5.82. The Morgan fingerprint density at radius 1 is 1.40 bits per heavy atom. The summed E-state index contributed by atoms with van der Waals surface area (Å²) in [4.78, 5) is 6.96. The Hall–Kier alpha value is -1.49. The fraction of sp³-hybridized carbons (Fsp3) is 0.438. The van der Waals surface area contributed by atoms with Crippen molar-refractivity contribution < 1.29 is 4.74 Å². The average molecular weight is 271 g/mol. The lowest BCUT2D eigenvalue weighted by atomic mass is 10.0. The second-order valence-corrected chi connectivity index (χ2v) is 5.35. The molecule has 4 nitrogen and oxygen atoms in total. The molecule has 0 amide bonds. The van der Waals surface area contributed by atoms with Crippen molar-refractivity contribution in [2.75, 3.05) is 26.2 Å². The summed E-state index contributed by atoms with van der Waals surface area (Å²) in [5, 5.41) is 1.17. The second-order valence-electron chi connectivity index (χ2n) is 5.35. The van der Waals surface area contributed by atoms with Crippen molar-refractivity contribution in [3.05, 3.63) is 42.1 Å². The van der Waals surface area contributed by atoms with Crippen LogP contribution in [0.3, 0.4) is 0 Å². The smallest absolute Gasteiger partial charge is 0.0750 e. The SMILES string of the molecule is CC1CN(C(CN)c2cccc3cccnc23)CCO1. The van der Waals surface area contributed by atoms with Crippen molar-refractivity contribution in [1.29, 1.82) is 0 Å². The quantitative estimate of drug-likeness (QED) is 0.927. The number of benzene rings is 1. The standard InChI is InChI=1S/C16H21N3O/c1-12-11-19(8-9-20-12)15(10-17)14-6-2-4-13-5-3-7-18-16(13)14/h2-7,12,15H,8-11,17H2,1H3. The van der Waals surface area contributed by atoms with E-state index in [0.29, 0.717) is 6.54 Å². The van der Waals surface area contributed by atoms with E-state index in [1.807, 2.05) is 12.3 Å². The largest absolute Gasteiger partial charge is 0.376 e. The van der Waals surface area contributed by atoms with Gasteiger partial charge in [0.15, 0.2) is 0 Å². The van der Waals surface area contributed by atoms with E-state index >= 15 is 0 Å². The van der Waals surface area contributed by atoms with Crippen LogP contribution < -0.4 is 5.73 Å². The highest BCUT2D eigenvalue weighted by atomic mass is 16.5. The lowest BCUT2D eigenvalue weighted by Crippen LogP contribution is -2.45. The molecule has 2 unspecified atom stereocenters. The Bertz CT molecular complexity index is 581. The summed E-state index contributed by atoms with van der Waals surface area (Å²) >= 11 is 0. The molecule has 0 bridgehead atoms. The third kappa shape index (κ3) is 2.54. The first-order valence-corrected chi connectivity index (χ1v) is 7.19. The molecule has 2 atom stereocenters. The van der Waals surface area contributed by atoms with Crippen molar-refractivity contribution in [2.45, 2.75) is 19.1 Å². The van der Waals surface area contributed by atoms with Gasteiger partial charge in [-0.05, 0) is 18.6 Å². The molecule has 1 aromatic carbocycles. The summed E-state index contributed by atoms with van der Waals surface area (Å²) in [5.74, 6) is 0. The van der Waals surface area contributed by atoms with E-state index in [9.17, 15) is 0 Å². The zero-order valence-corrected chi connectivity index (χ0v) is 11.8. The fourth-order valence-electron chi connectivity index (χ4n) is 3.00. The molecule has 1 saturated heterocycles. The number of pyridine rings is 1. The minimum atomic E-state index is 0.208. The van der Waals surface area contributed by atoms with E-state index in [0.717, 1.165) is 25.2 Å². The number of aromatic nitrogens is 1.